The molecule has 1 aliphatic heterocycles. The Bertz CT molecular complexity index is 1780. The number of fused-ring (bicyclic) bond motifs is 2. The highest BCUT2D eigenvalue weighted by molar-refractivity contribution is 7.92. The first-order valence-electron chi connectivity index (χ1n) is 13.2. The summed E-state index contributed by atoms with van der Waals surface area (Å²) >= 11 is 0. The summed E-state index contributed by atoms with van der Waals surface area (Å²) in [6.07, 6.45) is 1.05. The zero-order valence-electron chi connectivity index (χ0n) is 21.9. The van der Waals surface area contributed by atoms with Crippen molar-refractivity contribution in [3.8, 4) is 0 Å². The van der Waals surface area contributed by atoms with Gasteiger partial charge in [-0.3, -0.25) is 14.4 Å². The topological polar surface area (TPSA) is 78.5 Å². The molecule has 40 heavy (non-hydrogen) atoms. The lowest BCUT2D eigenvalue weighted by molar-refractivity contribution is 0.102. The van der Waals surface area contributed by atoms with Crippen LogP contribution in [0.4, 0.5) is 11.4 Å². The monoisotopic (exact) mass is 547 g/mol. The number of nitrogens with zero attached hydrogens (tertiary/aromatic N) is 1. The highest BCUT2D eigenvalue weighted by Gasteiger charge is 2.17. The fourth-order valence-corrected chi connectivity index (χ4v) is 6.23. The number of anilines is 2. The number of carbonyl (C=O) groups excluding carboxylic acids is 1. The van der Waals surface area contributed by atoms with Crippen LogP contribution in [0.5, 0.6) is 0 Å². The molecule has 0 saturated carbocycles. The number of benzene rings is 5. The first-order chi connectivity index (χ1) is 19.4. The molecule has 0 atom stereocenters. The summed E-state index contributed by atoms with van der Waals surface area (Å²) in [5.74, 6) is -0.247. The van der Waals surface area contributed by atoms with E-state index >= 15 is 0 Å². The molecule has 0 radical (unpaired) electrons. The molecule has 6 rings (SSSR count). The number of rotatable bonds is 7. The lowest BCUT2D eigenvalue weighted by Gasteiger charge is -2.28. The molecule has 0 bridgehead atoms. The van der Waals surface area contributed by atoms with Gasteiger partial charge in [-0.1, -0.05) is 72.8 Å². The number of amides is 1. The van der Waals surface area contributed by atoms with Crippen LogP contribution in [0.25, 0.3) is 10.8 Å². The quantitative estimate of drug-likeness (QED) is 0.245. The SMILES string of the molecule is O=C(Nc1ccc(S(=O)(=O)Nc2cccc3ccccc23)cc1)c1ccc(CN2CCc3ccccc3C2)cc1. The number of sulfonamides is 1. The van der Waals surface area contributed by atoms with Crippen LogP contribution >= 0.6 is 0 Å². The number of nitrogens with one attached hydrogen (secondary N) is 2. The first kappa shape index (κ1) is 25.8. The predicted molar refractivity (Wildman–Crippen MR) is 160 cm³/mol. The van der Waals surface area contributed by atoms with Crippen LogP contribution in [0.2, 0.25) is 0 Å². The Hall–Kier alpha value is -4.46. The maximum absolute atomic E-state index is 13.0. The third-order valence-electron chi connectivity index (χ3n) is 7.29. The number of carbonyl (C=O) groups is 1. The lowest BCUT2D eigenvalue weighted by Crippen LogP contribution is -2.29. The van der Waals surface area contributed by atoms with Crippen LogP contribution in [0, 0.1) is 0 Å². The molecule has 7 heteroatoms. The van der Waals surface area contributed by atoms with Crippen molar-refractivity contribution < 1.29 is 13.2 Å². The van der Waals surface area contributed by atoms with Gasteiger partial charge in [0.05, 0.1) is 10.6 Å². The third-order valence-corrected chi connectivity index (χ3v) is 8.67. The van der Waals surface area contributed by atoms with Crippen LogP contribution in [0.15, 0.2) is 120 Å². The third kappa shape index (κ3) is 5.61. The van der Waals surface area contributed by atoms with Crippen molar-refractivity contribution in [2.24, 2.45) is 0 Å². The van der Waals surface area contributed by atoms with Crippen molar-refractivity contribution in [1.82, 2.24) is 4.90 Å². The van der Waals surface area contributed by atoms with E-state index in [0.717, 1.165) is 42.4 Å². The second-order valence-corrected chi connectivity index (χ2v) is 11.7. The van der Waals surface area contributed by atoms with Crippen LogP contribution < -0.4 is 10.0 Å². The molecule has 0 unspecified atom stereocenters. The van der Waals surface area contributed by atoms with E-state index in [1.54, 1.807) is 18.2 Å². The van der Waals surface area contributed by atoms with E-state index < -0.39 is 10.0 Å². The zero-order chi connectivity index (χ0) is 27.5. The Labute approximate surface area is 234 Å². The minimum Gasteiger partial charge on any atom is -0.322 e. The normalized spacial score (nSPS) is 13.5. The number of hydrogen-bond donors (Lipinski definition) is 2. The molecule has 6 nitrogen and oxygen atoms in total. The van der Waals surface area contributed by atoms with Gasteiger partial charge in [-0.25, -0.2) is 8.42 Å². The molecule has 0 fully saturated rings. The van der Waals surface area contributed by atoms with E-state index in [1.807, 2.05) is 60.7 Å². The predicted octanol–water partition coefficient (Wildman–Crippen LogP) is 6.45. The second kappa shape index (κ2) is 11.0. The van der Waals surface area contributed by atoms with Crippen LogP contribution in [-0.4, -0.2) is 25.8 Å². The van der Waals surface area contributed by atoms with Gasteiger partial charge in [0.25, 0.3) is 15.9 Å². The maximum atomic E-state index is 13.0. The summed E-state index contributed by atoms with van der Waals surface area (Å²) in [6.45, 7) is 2.78. The smallest absolute Gasteiger partial charge is 0.261 e. The fourth-order valence-electron chi connectivity index (χ4n) is 5.15. The Balaban J connectivity index is 1.08. The summed E-state index contributed by atoms with van der Waals surface area (Å²) in [7, 11) is -3.80. The van der Waals surface area contributed by atoms with Crippen LogP contribution in [-0.2, 0) is 29.5 Å². The van der Waals surface area contributed by atoms with Crippen molar-refractivity contribution in [2.75, 3.05) is 16.6 Å². The van der Waals surface area contributed by atoms with E-state index in [-0.39, 0.29) is 10.8 Å². The molecule has 0 spiro atoms. The van der Waals surface area contributed by atoms with Gasteiger partial charge in [-0.2, -0.15) is 0 Å². The van der Waals surface area contributed by atoms with Gasteiger partial charge in [-0.05, 0) is 71.0 Å². The highest BCUT2D eigenvalue weighted by atomic mass is 32.2. The van der Waals surface area contributed by atoms with Gasteiger partial charge >= 0.3 is 0 Å². The lowest BCUT2D eigenvalue weighted by atomic mass is 9.99. The molecule has 1 aliphatic rings. The van der Waals surface area contributed by atoms with Gasteiger partial charge in [0.15, 0.2) is 0 Å². The maximum Gasteiger partial charge on any atom is 0.261 e. The molecule has 1 heterocycles. The summed E-state index contributed by atoms with van der Waals surface area (Å²) < 4.78 is 28.8. The fraction of sp³-hybridized carbons (Fsp3) is 0.121. The molecule has 0 aromatic heterocycles. The minimum atomic E-state index is -3.80. The Kier molecular flexibility index (Phi) is 7.07. The molecular formula is C33H29N3O3S. The van der Waals surface area contributed by atoms with Crippen molar-refractivity contribution in [3.05, 3.63) is 138 Å². The summed E-state index contributed by atoms with van der Waals surface area (Å²) in [4.78, 5) is 15.4. The van der Waals surface area contributed by atoms with Gasteiger partial charge < -0.3 is 5.32 Å². The largest absolute Gasteiger partial charge is 0.322 e. The molecule has 200 valence electrons. The molecule has 5 aromatic rings. The molecule has 1 amide bonds. The van der Waals surface area contributed by atoms with Gasteiger partial charge in [-0.15, -0.1) is 0 Å². The first-order valence-corrected chi connectivity index (χ1v) is 14.7. The zero-order valence-corrected chi connectivity index (χ0v) is 22.7. The Morgan fingerprint density at radius 3 is 2.25 bits per heavy atom. The second-order valence-electron chi connectivity index (χ2n) is 10.0. The summed E-state index contributed by atoms with van der Waals surface area (Å²) in [6, 6.07) is 35.5. The molecule has 0 aliphatic carbocycles. The van der Waals surface area contributed by atoms with E-state index in [1.165, 1.54) is 23.3 Å². The highest BCUT2D eigenvalue weighted by Crippen LogP contribution is 2.26. The van der Waals surface area contributed by atoms with Gasteiger partial charge in [0.1, 0.15) is 0 Å². The molecule has 2 N–H and O–H groups in total. The van der Waals surface area contributed by atoms with E-state index in [9.17, 15) is 13.2 Å². The molecular weight excluding hydrogens is 518 g/mol. The summed E-state index contributed by atoms with van der Waals surface area (Å²) in [5.41, 5.74) is 5.55. The molecule has 0 saturated heterocycles. The van der Waals surface area contributed by atoms with Crippen LogP contribution in [0.1, 0.15) is 27.0 Å². The van der Waals surface area contributed by atoms with Gasteiger partial charge in [0.2, 0.25) is 0 Å². The van der Waals surface area contributed by atoms with Crippen molar-refractivity contribution >= 4 is 38.1 Å². The van der Waals surface area contributed by atoms with E-state index in [2.05, 4.69) is 39.2 Å². The summed E-state index contributed by atoms with van der Waals surface area (Å²) in [5, 5.41) is 4.63. The van der Waals surface area contributed by atoms with Crippen molar-refractivity contribution in [3.63, 3.8) is 0 Å². The van der Waals surface area contributed by atoms with E-state index in [4.69, 9.17) is 0 Å². The van der Waals surface area contributed by atoms with Crippen molar-refractivity contribution in [2.45, 2.75) is 24.4 Å². The number of hydrogen-bond acceptors (Lipinski definition) is 4. The Morgan fingerprint density at radius 2 is 1.45 bits per heavy atom. The minimum absolute atomic E-state index is 0.114. The standard InChI is InChI=1S/C33H29N3O3S/c37-33(27-14-12-24(13-15-27)22-36-21-20-25-6-1-2-8-28(25)23-36)34-29-16-18-30(19-17-29)40(38,39)35-32-11-5-9-26-7-3-4-10-31(26)32/h1-19,35H,20-23H2,(H,34,37). The average molecular weight is 548 g/mol. The average Bonchev–Trinajstić information content (AvgIpc) is 2.98. The van der Waals surface area contributed by atoms with Gasteiger partial charge in [0, 0.05) is 36.3 Å². The van der Waals surface area contributed by atoms with Crippen LogP contribution in [0.3, 0.4) is 0 Å². The molecule has 5 aromatic carbocycles. The Morgan fingerprint density at radius 1 is 0.750 bits per heavy atom. The van der Waals surface area contributed by atoms with E-state index in [0.29, 0.717) is 16.9 Å². The van der Waals surface area contributed by atoms with Crippen molar-refractivity contribution in [1.29, 1.82) is 0 Å².